The highest BCUT2D eigenvalue weighted by molar-refractivity contribution is 5.97. The summed E-state index contributed by atoms with van der Waals surface area (Å²) in [4.78, 5) is 33.5. The van der Waals surface area contributed by atoms with E-state index in [1.54, 1.807) is 24.3 Å². The van der Waals surface area contributed by atoms with Gasteiger partial charge in [-0.3, -0.25) is 20.3 Å². The minimum absolute atomic E-state index is 0.128. The van der Waals surface area contributed by atoms with Crippen LogP contribution in [0, 0.1) is 10.1 Å². The lowest BCUT2D eigenvalue weighted by molar-refractivity contribution is -0.384. The highest BCUT2D eigenvalue weighted by Crippen LogP contribution is 2.14. The van der Waals surface area contributed by atoms with Gasteiger partial charge in [-0.15, -0.1) is 0 Å². The van der Waals surface area contributed by atoms with Gasteiger partial charge in [-0.05, 0) is 36.4 Å². The molecule has 9 heteroatoms. The summed E-state index contributed by atoms with van der Waals surface area (Å²) < 4.78 is 5.00. The van der Waals surface area contributed by atoms with Gasteiger partial charge in [0, 0.05) is 23.4 Å². The minimum atomic E-state index is -0.643. The Hall–Kier alpha value is -3.62. The van der Waals surface area contributed by atoms with Crippen molar-refractivity contribution in [2.75, 3.05) is 12.4 Å². The number of anilines is 1. The summed E-state index contributed by atoms with van der Waals surface area (Å²) >= 11 is 0. The number of non-ortho nitro benzene ring substituents is 1. The SMILES string of the molecule is COc1ccc(NC(=O)NNC(=O)c2ccc([N+](=O)[O-])cc2)cc1. The molecule has 2 rings (SSSR count). The number of methoxy groups -OCH3 is 1. The molecule has 0 unspecified atom stereocenters. The molecule has 2 aromatic rings. The van der Waals surface area contributed by atoms with Crippen molar-refractivity contribution in [1.29, 1.82) is 0 Å². The second kappa shape index (κ2) is 7.58. The molecule has 0 aromatic heterocycles. The highest BCUT2D eigenvalue weighted by Gasteiger charge is 2.10. The summed E-state index contributed by atoms with van der Waals surface area (Å²) in [6, 6.07) is 10.9. The Morgan fingerprint density at radius 3 is 2.17 bits per heavy atom. The normalized spacial score (nSPS) is 9.71. The number of ether oxygens (including phenoxy) is 1. The van der Waals surface area contributed by atoms with Crippen molar-refractivity contribution >= 4 is 23.3 Å². The Morgan fingerprint density at radius 1 is 1.00 bits per heavy atom. The molecule has 0 spiro atoms. The second-order valence-corrected chi connectivity index (χ2v) is 4.57. The maximum absolute atomic E-state index is 11.8. The van der Waals surface area contributed by atoms with Gasteiger partial charge in [-0.2, -0.15) is 0 Å². The van der Waals surface area contributed by atoms with Gasteiger partial charge in [0.1, 0.15) is 5.75 Å². The Morgan fingerprint density at radius 2 is 1.62 bits per heavy atom. The number of nitro groups is 1. The molecule has 3 amide bonds. The molecule has 9 nitrogen and oxygen atoms in total. The molecule has 0 fully saturated rings. The van der Waals surface area contributed by atoms with E-state index in [0.717, 1.165) is 0 Å². The molecule has 3 N–H and O–H groups in total. The molecule has 2 aromatic carbocycles. The minimum Gasteiger partial charge on any atom is -0.497 e. The van der Waals surface area contributed by atoms with Gasteiger partial charge in [0.25, 0.3) is 11.6 Å². The summed E-state index contributed by atoms with van der Waals surface area (Å²) in [5.74, 6) is 0.0437. The summed E-state index contributed by atoms with van der Waals surface area (Å²) in [5, 5.41) is 13.1. The van der Waals surface area contributed by atoms with Crippen LogP contribution >= 0.6 is 0 Å². The number of rotatable bonds is 4. The number of carbonyl (C=O) groups excluding carboxylic acids is 2. The molecule has 24 heavy (non-hydrogen) atoms. The van der Waals surface area contributed by atoms with Crippen LogP contribution in [-0.2, 0) is 0 Å². The third-order valence-corrected chi connectivity index (χ3v) is 2.98. The molecule has 0 saturated heterocycles. The maximum atomic E-state index is 11.8. The fourth-order valence-corrected chi connectivity index (χ4v) is 1.76. The van der Waals surface area contributed by atoms with E-state index in [-0.39, 0.29) is 11.3 Å². The van der Waals surface area contributed by atoms with Gasteiger partial charge in [0.05, 0.1) is 12.0 Å². The molecular formula is C15H14N4O5. The van der Waals surface area contributed by atoms with Gasteiger partial charge in [0.2, 0.25) is 0 Å². The van der Waals surface area contributed by atoms with Crippen LogP contribution in [0.2, 0.25) is 0 Å². The van der Waals surface area contributed by atoms with Gasteiger partial charge in [-0.1, -0.05) is 0 Å². The van der Waals surface area contributed by atoms with E-state index in [1.807, 2.05) is 0 Å². The van der Waals surface area contributed by atoms with Gasteiger partial charge in [0.15, 0.2) is 0 Å². The molecule has 0 saturated carbocycles. The van der Waals surface area contributed by atoms with Crippen LogP contribution in [0.15, 0.2) is 48.5 Å². The maximum Gasteiger partial charge on any atom is 0.337 e. The Labute approximate surface area is 136 Å². The number of urea groups is 1. The average Bonchev–Trinajstić information content (AvgIpc) is 2.60. The molecular weight excluding hydrogens is 316 g/mol. The lowest BCUT2D eigenvalue weighted by atomic mass is 10.2. The molecule has 0 heterocycles. The van der Waals surface area contributed by atoms with Gasteiger partial charge in [-0.25, -0.2) is 10.2 Å². The van der Waals surface area contributed by atoms with Gasteiger partial charge < -0.3 is 10.1 Å². The summed E-state index contributed by atoms with van der Waals surface area (Å²) in [7, 11) is 1.53. The zero-order valence-corrected chi connectivity index (χ0v) is 12.6. The van der Waals surface area contributed by atoms with Crippen LogP contribution < -0.4 is 20.9 Å². The zero-order chi connectivity index (χ0) is 17.5. The number of benzene rings is 2. The van der Waals surface area contributed by atoms with Crippen LogP contribution in [0.1, 0.15) is 10.4 Å². The first-order valence-electron chi connectivity index (χ1n) is 6.75. The van der Waals surface area contributed by atoms with Crippen molar-refractivity contribution in [2.24, 2.45) is 0 Å². The number of nitrogens with zero attached hydrogens (tertiary/aromatic N) is 1. The highest BCUT2D eigenvalue weighted by atomic mass is 16.6. The first-order valence-corrected chi connectivity index (χ1v) is 6.75. The number of hydrogen-bond donors (Lipinski definition) is 3. The number of nitrogens with one attached hydrogen (secondary N) is 3. The lowest BCUT2D eigenvalue weighted by Gasteiger charge is -2.09. The van der Waals surface area contributed by atoms with Crippen molar-refractivity contribution in [2.45, 2.75) is 0 Å². The number of nitro benzene ring substituents is 1. The van der Waals surface area contributed by atoms with Crippen LogP contribution in [-0.4, -0.2) is 24.0 Å². The van der Waals surface area contributed by atoms with E-state index in [2.05, 4.69) is 16.2 Å². The molecule has 0 bridgehead atoms. The third-order valence-electron chi connectivity index (χ3n) is 2.98. The number of amides is 3. The van der Waals surface area contributed by atoms with Crippen LogP contribution in [0.25, 0.3) is 0 Å². The largest absolute Gasteiger partial charge is 0.497 e. The topological polar surface area (TPSA) is 123 Å². The van der Waals surface area contributed by atoms with Crippen LogP contribution in [0.5, 0.6) is 5.75 Å². The fraction of sp³-hybridized carbons (Fsp3) is 0.0667. The van der Waals surface area contributed by atoms with E-state index in [0.29, 0.717) is 11.4 Å². The molecule has 0 aliphatic heterocycles. The zero-order valence-electron chi connectivity index (χ0n) is 12.6. The number of carbonyl (C=O) groups is 2. The van der Waals surface area contributed by atoms with E-state index in [4.69, 9.17) is 4.74 Å². The van der Waals surface area contributed by atoms with E-state index >= 15 is 0 Å². The first-order chi connectivity index (χ1) is 11.5. The lowest BCUT2D eigenvalue weighted by Crippen LogP contribution is -2.43. The van der Waals surface area contributed by atoms with Gasteiger partial charge >= 0.3 is 6.03 Å². The van der Waals surface area contributed by atoms with Crippen molar-refractivity contribution in [1.82, 2.24) is 10.9 Å². The molecule has 0 radical (unpaired) electrons. The predicted octanol–water partition coefficient (Wildman–Crippen LogP) is 2.07. The van der Waals surface area contributed by atoms with Crippen molar-refractivity contribution in [3.63, 3.8) is 0 Å². The fourth-order valence-electron chi connectivity index (χ4n) is 1.76. The smallest absolute Gasteiger partial charge is 0.337 e. The predicted molar refractivity (Wildman–Crippen MR) is 85.7 cm³/mol. The third kappa shape index (κ3) is 4.44. The summed E-state index contributed by atoms with van der Waals surface area (Å²) in [6.45, 7) is 0. The molecule has 0 aliphatic carbocycles. The standard InChI is InChI=1S/C15H14N4O5/c1-24-13-8-4-11(5-9-13)16-15(21)18-17-14(20)10-2-6-12(7-3-10)19(22)23/h2-9H,1H3,(H,17,20)(H2,16,18,21). The molecule has 124 valence electrons. The van der Waals surface area contributed by atoms with Crippen LogP contribution in [0.4, 0.5) is 16.2 Å². The summed E-state index contributed by atoms with van der Waals surface area (Å²) in [5.41, 5.74) is 4.93. The second-order valence-electron chi connectivity index (χ2n) is 4.57. The van der Waals surface area contributed by atoms with E-state index < -0.39 is 16.9 Å². The van der Waals surface area contributed by atoms with Crippen LogP contribution in [0.3, 0.4) is 0 Å². The molecule has 0 atom stereocenters. The van der Waals surface area contributed by atoms with E-state index in [1.165, 1.54) is 31.4 Å². The first kappa shape index (κ1) is 16.7. The van der Waals surface area contributed by atoms with Crippen molar-refractivity contribution in [3.8, 4) is 5.75 Å². The van der Waals surface area contributed by atoms with Crippen molar-refractivity contribution in [3.05, 3.63) is 64.2 Å². The monoisotopic (exact) mass is 330 g/mol. The molecule has 0 aliphatic rings. The quantitative estimate of drug-likeness (QED) is 0.585. The Kier molecular flexibility index (Phi) is 5.29. The average molecular weight is 330 g/mol. The summed E-state index contributed by atoms with van der Waals surface area (Å²) in [6.07, 6.45) is 0. The van der Waals surface area contributed by atoms with E-state index in [9.17, 15) is 19.7 Å². The number of hydrogen-bond acceptors (Lipinski definition) is 5. The Bertz CT molecular complexity index is 743. The van der Waals surface area contributed by atoms with Crippen molar-refractivity contribution < 1.29 is 19.2 Å². The number of hydrazine groups is 1. The Balaban J connectivity index is 1.86.